The number of rotatable bonds is 0. The van der Waals surface area contributed by atoms with Crippen LogP contribution in [0.5, 0.6) is 0 Å². The monoisotopic (exact) mass is 244 g/mol. The first-order chi connectivity index (χ1) is 8.90. The van der Waals surface area contributed by atoms with Crippen molar-refractivity contribution in [1.82, 2.24) is 0 Å². The highest BCUT2D eigenvalue weighted by atomic mass is 14.6. The molecule has 4 fully saturated rings. The van der Waals surface area contributed by atoms with Gasteiger partial charge in [-0.15, -0.1) is 0 Å². The number of hydrogen-bond acceptors (Lipinski definition) is 0. The Morgan fingerprint density at radius 2 is 1.11 bits per heavy atom. The predicted octanol–water partition coefficient (Wildman–Crippen LogP) is 4.91. The first kappa shape index (κ1) is 11.6. The lowest BCUT2D eigenvalue weighted by atomic mass is 9.61. The molecule has 0 N–H and O–H groups in total. The summed E-state index contributed by atoms with van der Waals surface area (Å²) in [6, 6.07) is 0. The van der Waals surface area contributed by atoms with Gasteiger partial charge in [-0.25, -0.2) is 0 Å². The Labute approximate surface area is 112 Å². The van der Waals surface area contributed by atoms with Crippen LogP contribution in [0.2, 0.25) is 0 Å². The number of hydrogen-bond donors (Lipinski definition) is 0. The minimum Gasteiger partial charge on any atom is -0.0848 e. The zero-order valence-corrected chi connectivity index (χ0v) is 12.0. The summed E-state index contributed by atoms with van der Waals surface area (Å²) in [6.45, 7) is 4.00. The Kier molecular flexibility index (Phi) is 2.64. The highest BCUT2D eigenvalue weighted by molar-refractivity contribution is 5.17. The van der Waals surface area contributed by atoms with Gasteiger partial charge in [0.25, 0.3) is 0 Å². The van der Waals surface area contributed by atoms with Gasteiger partial charge in [-0.3, -0.25) is 0 Å². The topological polar surface area (TPSA) is 0 Å². The van der Waals surface area contributed by atoms with Crippen molar-refractivity contribution in [1.29, 1.82) is 0 Å². The van der Waals surface area contributed by atoms with E-state index < -0.39 is 0 Å². The summed E-state index contributed by atoms with van der Waals surface area (Å²) < 4.78 is 0. The molecule has 0 nitrogen and oxygen atoms in total. The maximum atomic E-state index is 2.57. The summed E-state index contributed by atoms with van der Waals surface area (Å²) in [7, 11) is 0. The fraction of sp³-hybridized carbons (Fsp3) is 0.889. The Morgan fingerprint density at radius 1 is 0.611 bits per heavy atom. The van der Waals surface area contributed by atoms with Gasteiger partial charge in [0.1, 0.15) is 0 Å². The molecule has 0 aliphatic heterocycles. The maximum absolute atomic E-state index is 2.57. The molecule has 0 saturated heterocycles. The fourth-order valence-corrected chi connectivity index (χ4v) is 6.62. The molecule has 0 radical (unpaired) electrons. The minimum absolute atomic E-state index is 1.01. The van der Waals surface area contributed by atoms with Crippen molar-refractivity contribution < 1.29 is 0 Å². The van der Waals surface area contributed by atoms with Crippen LogP contribution in [0, 0.1) is 47.3 Å². The van der Waals surface area contributed by atoms with Crippen LogP contribution in [-0.2, 0) is 0 Å². The Bertz CT molecular complexity index is 323. The summed E-state index contributed by atoms with van der Waals surface area (Å²) in [5.41, 5.74) is 0. The Balaban J connectivity index is 0.000000423. The SMILES string of the molecule is C1=CC2CC1C1CC3C4CCC(C4)C3CC21.CC. The van der Waals surface area contributed by atoms with Crippen molar-refractivity contribution in [3.63, 3.8) is 0 Å². The van der Waals surface area contributed by atoms with Gasteiger partial charge in [-0.2, -0.15) is 0 Å². The average molecular weight is 244 g/mol. The third-order valence-corrected chi connectivity index (χ3v) is 7.16. The van der Waals surface area contributed by atoms with Gasteiger partial charge in [-0.05, 0) is 85.9 Å². The van der Waals surface area contributed by atoms with Gasteiger partial charge in [-0.1, -0.05) is 26.0 Å². The molecule has 4 bridgehead atoms. The molecule has 5 rings (SSSR count). The normalized spacial score (nSPS) is 58.1. The van der Waals surface area contributed by atoms with Crippen molar-refractivity contribution in [3.05, 3.63) is 12.2 Å². The predicted molar refractivity (Wildman–Crippen MR) is 76.1 cm³/mol. The molecule has 8 unspecified atom stereocenters. The number of allylic oxidation sites excluding steroid dienone is 2. The lowest BCUT2D eigenvalue weighted by molar-refractivity contribution is 0.0642. The van der Waals surface area contributed by atoms with Crippen LogP contribution >= 0.6 is 0 Å². The highest BCUT2D eigenvalue weighted by Crippen LogP contribution is 2.64. The molecule has 0 spiro atoms. The standard InChI is InChI=1S/C16H22.C2H6/c1-2-10-5-9(1)13-7-15-11-3-4-12(6-11)16(15)8-14(10)13;1-2/h1-2,9-16H,3-8H2;1-2H3. The molecule has 5 aliphatic rings. The lowest BCUT2D eigenvalue weighted by Crippen LogP contribution is -2.36. The molecular weight excluding hydrogens is 216 g/mol. The summed E-state index contributed by atoms with van der Waals surface area (Å²) in [6.07, 6.45) is 14.7. The van der Waals surface area contributed by atoms with Crippen molar-refractivity contribution in [3.8, 4) is 0 Å². The van der Waals surface area contributed by atoms with E-state index in [4.69, 9.17) is 0 Å². The van der Waals surface area contributed by atoms with Crippen molar-refractivity contribution >= 4 is 0 Å². The second-order valence-corrected chi connectivity index (χ2v) is 7.41. The molecule has 0 aromatic carbocycles. The molecule has 100 valence electrons. The molecule has 0 amide bonds. The Hall–Kier alpha value is -0.260. The summed E-state index contributed by atoms with van der Waals surface area (Å²) in [5, 5.41) is 0. The molecule has 0 aromatic heterocycles. The van der Waals surface area contributed by atoms with E-state index >= 15 is 0 Å². The Morgan fingerprint density at radius 3 is 1.61 bits per heavy atom. The largest absolute Gasteiger partial charge is 0.0848 e. The van der Waals surface area contributed by atoms with E-state index in [9.17, 15) is 0 Å². The molecule has 0 heteroatoms. The fourth-order valence-electron chi connectivity index (χ4n) is 6.62. The minimum atomic E-state index is 1.01. The first-order valence-corrected chi connectivity index (χ1v) is 8.58. The second-order valence-electron chi connectivity index (χ2n) is 7.41. The van der Waals surface area contributed by atoms with Gasteiger partial charge < -0.3 is 0 Å². The molecule has 18 heavy (non-hydrogen) atoms. The van der Waals surface area contributed by atoms with Crippen LogP contribution in [0.1, 0.15) is 52.4 Å². The van der Waals surface area contributed by atoms with Crippen LogP contribution in [0.4, 0.5) is 0 Å². The van der Waals surface area contributed by atoms with Crippen molar-refractivity contribution in [2.45, 2.75) is 52.4 Å². The van der Waals surface area contributed by atoms with E-state index in [2.05, 4.69) is 12.2 Å². The van der Waals surface area contributed by atoms with Crippen LogP contribution in [0.3, 0.4) is 0 Å². The molecule has 5 aliphatic carbocycles. The zero-order valence-electron chi connectivity index (χ0n) is 12.0. The van der Waals surface area contributed by atoms with Gasteiger partial charge in [0.2, 0.25) is 0 Å². The van der Waals surface area contributed by atoms with Crippen LogP contribution in [0.15, 0.2) is 12.2 Å². The average Bonchev–Trinajstić information content (AvgIpc) is 3.19. The molecule has 8 atom stereocenters. The molecule has 0 aromatic rings. The molecule has 4 saturated carbocycles. The van der Waals surface area contributed by atoms with Gasteiger partial charge in [0, 0.05) is 0 Å². The van der Waals surface area contributed by atoms with Crippen LogP contribution in [-0.4, -0.2) is 0 Å². The quantitative estimate of drug-likeness (QED) is 0.531. The van der Waals surface area contributed by atoms with Crippen molar-refractivity contribution in [2.24, 2.45) is 47.3 Å². The van der Waals surface area contributed by atoms with Crippen LogP contribution in [0.25, 0.3) is 0 Å². The third kappa shape index (κ3) is 1.38. The van der Waals surface area contributed by atoms with E-state index in [1.54, 1.807) is 32.1 Å². The second kappa shape index (κ2) is 4.12. The maximum Gasteiger partial charge on any atom is -0.0196 e. The molecular formula is C18H28. The van der Waals surface area contributed by atoms with Gasteiger partial charge in [0.15, 0.2) is 0 Å². The number of fused-ring (bicyclic) bond motifs is 10. The van der Waals surface area contributed by atoms with Gasteiger partial charge >= 0.3 is 0 Å². The summed E-state index contributed by atoms with van der Waals surface area (Å²) in [4.78, 5) is 0. The smallest absolute Gasteiger partial charge is 0.0196 e. The van der Waals surface area contributed by atoms with E-state index in [1.807, 2.05) is 13.8 Å². The van der Waals surface area contributed by atoms with E-state index in [1.165, 1.54) is 30.1 Å². The van der Waals surface area contributed by atoms with E-state index in [0.29, 0.717) is 0 Å². The van der Waals surface area contributed by atoms with Crippen LogP contribution < -0.4 is 0 Å². The highest BCUT2D eigenvalue weighted by Gasteiger charge is 2.56. The van der Waals surface area contributed by atoms with Crippen molar-refractivity contribution in [2.75, 3.05) is 0 Å². The van der Waals surface area contributed by atoms with E-state index in [0.717, 1.165) is 23.7 Å². The lowest BCUT2D eigenvalue weighted by Gasteiger charge is -2.44. The van der Waals surface area contributed by atoms with E-state index in [-0.39, 0.29) is 0 Å². The molecule has 0 heterocycles. The summed E-state index contributed by atoms with van der Waals surface area (Å²) >= 11 is 0. The summed E-state index contributed by atoms with van der Waals surface area (Å²) in [5.74, 6) is 8.94. The zero-order chi connectivity index (χ0) is 12.3. The third-order valence-electron chi connectivity index (χ3n) is 7.16. The van der Waals surface area contributed by atoms with Gasteiger partial charge in [0.05, 0.1) is 0 Å². The first-order valence-electron chi connectivity index (χ1n) is 8.58.